The van der Waals surface area contributed by atoms with Crippen LogP contribution in [0.15, 0.2) is 53.1 Å². The maximum absolute atomic E-state index is 12.1. The van der Waals surface area contributed by atoms with Crippen LogP contribution < -0.4 is 10.2 Å². The summed E-state index contributed by atoms with van der Waals surface area (Å²) in [5.41, 5.74) is 2.98. The SMILES string of the molecule is CN(C)C1CCN(c2ccc(-c3noc(CNC(=O)Cc4ccc(Cl)cc4)n3)cc2)C1. The van der Waals surface area contributed by atoms with Gasteiger partial charge in [0, 0.05) is 35.4 Å². The normalized spacial score (nSPS) is 16.1. The van der Waals surface area contributed by atoms with Crippen molar-refractivity contribution in [3.63, 3.8) is 0 Å². The topological polar surface area (TPSA) is 74.5 Å². The molecule has 7 nitrogen and oxygen atoms in total. The maximum Gasteiger partial charge on any atom is 0.246 e. The highest BCUT2D eigenvalue weighted by atomic mass is 35.5. The second-order valence-corrected chi connectivity index (χ2v) is 8.43. The standard InChI is InChI=1S/C23H26ClN5O2/c1-28(2)20-11-12-29(15-20)19-9-5-17(6-10-19)23-26-22(31-27-23)14-25-21(30)13-16-3-7-18(24)8-4-16/h3-10,20H,11-15H2,1-2H3,(H,25,30). The van der Waals surface area contributed by atoms with Gasteiger partial charge < -0.3 is 19.6 Å². The quantitative estimate of drug-likeness (QED) is 0.608. The number of carbonyl (C=O) groups is 1. The highest BCUT2D eigenvalue weighted by molar-refractivity contribution is 6.30. The van der Waals surface area contributed by atoms with Crippen LogP contribution >= 0.6 is 11.6 Å². The number of aromatic nitrogens is 2. The fourth-order valence-corrected chi connectivity index (χ4v) is 3.81. The molecule has 1 amide bonds. The molecule has 0 spiro atoms. The molecule has 2 aromatic carbocycles. The predicted octanol–water partition coefficient (Wildman–Crippen LogP) is 3.39. The predicted molar refractivity (Wildman–Crippen MR) is 121 cm³/mol. The molecule has 1 atom stereocenters. The number of carbonyl (C=O) groups excluding carboxylic acids is 1. The number of nitrogens with one attached hydrogen (secondary N) is 1. The van der Waals surface area contributed by atoms with Gasteiger partial charge in [0.05, 0.1) is 13.0 Å². The summed E-state index contributed by atoms with van der Waals surface area (Å²) in [6, 6.07) is 16.0. The van der Waals surface area contributed by atoms with Crippen molar-refractivity contribution in [3.8, 4) is 11.4 Å². The highest BCUT2D eigenvalue weighted by Crippen LogP contribution is 2.25. The number of likely N-dealkylation sites (N-methyl/N-ethyl adjacent to an activating group) is 1. The molecule has 3 aromatic rings. The van der Waals surface area contributed by atoms with Crippen molar-refractivity contribution in [2.45, 2.75) is 25.4 Å². The molecule has 1 unspecified atom stereocenters. The molecule has 162 valence electrons. The lowest BCUT2D eigenvalue weighted by atomic mass is 10.1. The summed E-state index contributed by atoms with van der Waals surface area (Å²) >= 11 is 5.87. The van der Waals surface area contributed by atoms with Crippen molar-refractivity contribution in [1.82, 2.24) is 20.4 Å². The average molecular weight is 440 g/mol. The van der Waals surface area contributed by atoms with E-state index in [0.717, 1.165) is 24.2 Å². The Bertz CT molecular complexity index is 1020. The number of nitrogens with zero attached hydrogens (tertiary/aromatic N) is 4. The molecule has 1 fully saturated rings. The van der Waals surface area contributed by atoms with Gasteiger partial charge >= 0.3 is 0 Å². The van der Waals surface area contributed by atoms with Gasteiger partial charge in [0.25, 0.3) is 0 Å². The summed E-state index contributed by atoms with van der Waals surface area (Å²) in [7, 11) is 4.26. The first-order valence-corrected chi connectivity index (χ1v) is 10.7. The molecule has 1 saturated heterocycles. The summed E-state index contributed by atoms with van der Waals surface area (Å²) in [5.74, 6) is 0.769. The Morgan fingerprint density at radius 1 is 1.19 bits per heavy atom. The Morgan fingerprint density at radius 3 is 2.61 bits per heavy atom. The van der Waals surface area contributed by atoms with E-state index in [1.165, 1.54) is 12.1 Å². The van der Waals surface area contributed by atoms with E-state index >= 15 is 0 Å². The second-order valence-electron chi connectivity index (χ2n) is 7.99. The van der Waals surface area contributed by atoms with Crippen molar-refractivity contribution in [1.29, 1.82) is 0 Å². The van der Waals surface area contributed by atoms with Gasteiger partial charge in [-0.1, -0.05) is 28.9 Å². The van der Waals surface area contributed by atoms with Crippen LogP contribution in [0.1, 0.15) is 17.9 Å². The van der Waals surface area contributed by atoms with Gasteiger partial charge in [-0.25, -0.2) is 0 Å². The van der Waals surface area contributed by atoms with Crippen molar-refractivity contribution in [2.24, 2.45) is 0 Å². The molecule has 0 bridgehead atoms. The minimum Gasteiger partial charge on any atom is -0.370 e. The summed E-state index contributed by atoms with van der Waals surface area (Å²) in [4.78, 5) is 21.2. The average Bonchev–Trinajstić information content (AvgIpc) is 3.44. The Hall–Kier alpha value is -2.90. The summed E-state index contributed by atoms with van der Waals surface area (Å²) in [6.07, 6.45) is 1.44. The number of hydrogen-bond acceptors (Lipinski definition) is 6. The van der Waals surface area contributed by atoms with E-state index in [2.05, 4.69) is 51.5 Å². The fraction of sp³-hybridized carbons (Fsp3) is 0.348. The monoisotopic (exact) mass is 439 g/mol. The van der Waals surface area contributed by atoms with Crippen molar-refractivity contribution in [2.75, 3.05) is 32.1 Å². The van der Waals surface area contributed by atoms with Gasteiger partial charge in [0.15, 0.2) is 0 Å². The first-order valence-electron chi connectivity index (χ1n) is 10.3. The number of halogens is 1. The molecule has 4 rings (SSSR count). The molecule has 0 aliphatic carbocycles. The minimum atomic E-state index is -0.118. The van der Waals surface area contributed by atoms with Gasteiger partial charge in [-0.05, 0) is 62.5 Å². The van der Waals surface area contributed by atoms with E-state index < -0.39 is 0 Å². The lowest BCUT2D eigenvalue weighted by Crippen LogP contribution is -2.31. The van der Waals surface area contributed by atoms with Gasteiger partial charge in [0.2, 0.25) is 17.6 Å². The molecule has 1 aliphatic heterocycles. The van der Waals surface area contributed by atoms with Crippen LogP contribution in [0.3, 0.4) is 0 Å². The first kappa shape index (κ1) is 21.3. The maximum atomic E-state index is 12.1. The molecule has 0 saturated carbocycles. The zero-order valence-electron chi connectivity index (χ0n) is 17.7. The summed E-state index contributed by atoms with van der Waals surface area (Å²) < 4.78 is 5.30. The molecule has 1 aromatic heterocycles. The number of anilines is 1. The number of rotatable bonds is 7. The van der Waals surface area contributed by atoms with Crippen molar-refractivity contribution < 1.29 is 9.32 Å². The Morgan fingerprint density at radius 2 is 1.94 bits per heavy atom. The third-order valence-corrected chi connectivity index (χ3v) is 5.82. The molecule has 2 heterocycles. The Kier molecular flexibility index (Phi) is 6.53. The van der Waals surface area contributed by atoms with E-state index in [1.807, 2.05) is 24.3 Å². The highest BCUT2D eigenvalue weighted by Gasteiger charge is 2.24. The zero-order valence-corrected chi connectivity index (χ0v) is 18.5. The molecular formula is C23H26ClN5O2. The van der Waals surface area contributed by atoms with E-state index in [9.17, 15) is 4.79 Å². The first-order chi connectivity index (χ1) is 15.0. The smallest absolute Gasteiger partial charge is 0.246 e. The molecule has 31 heavy (non-hydrogen) atoms. The van der Waals surface area contributed by atoms with Gasteiger partial charge in [-0.15, -0.1) is 0 Å². The number of benzene rings is 2. The molecular weight excluding hydrogens is 414 g/mol. The van der Waals surface area contributed by atoms with Gasteiger partial charge in [-0.3, -0.25) is 4.79 Å². The third-order valence-electron chi connectivity index (χ3n) is 5.57. The summed E-state index contributed by atoms with van der Waals surface area (Å²) in [6.45, 7) is 2.29. The van der Waals surface area contributed by atoms with Crippen LogP contribution in [0.25, 0.3) is 11.4 Å². The van der Waals surface area contributed by atoms with E-state index in [4.69, 9.17) is 16.1 Å². The largest absolute Gasteiger partial charge is 0.370 e. The zero-order chi connectivity index (χ0) is 21.8. The Balaban J connectivity index is 1.31. The van der Waals surface area contributed by atoms with Crippen LogP contribution in [-0.4, -0.2) is 54.2 Å². The Labute approximate surface area is 187 Å². The molecule has 8 heteroatoms. The van der Waals surface area contributed by atoms with Gasteiger partial charge in [0.1, 0.15) is 0 Å². The van der Waals surface area contributed by atoms with E-state index in [-0.39, 0.29) is 18.9 Å². The number of amides is 1. The van der Waals surface area contributed by atoms with Crippen LogP contribution in [0.5, 0.6) is 0 Å². The lowest BCUT2D eigenvalue weighted by molar-refractivity contribution is -0.120. The lowest BCUT2D eigenvalue weighted by Gasteiger charge is -2.21. The molecule has 1 N–H and O–H groups in total. The van der Waals surface area contributed by atoms with Crippen LogP contribution in [-0.2, 0) is 17.8 Å². The number of hydrogen-bond donors (Lipinski definition) is 1. The third kappa shape index (κ3) is 5.42. The summed E-state index contributed by atoms with van der Waals surface area (Å²) in [5, 5.41) is 7.50. The van der Waals surface area contributed by atoms with E-state index in [0.29, 0.717) is 22.8 Å². The fourth-order valence-electron chi connectivity index (χ4n) is 3.69. The van der Waals surface area contributed by atoms with Crippen molar-refractivity contribution in [3.05, 3.63) is 65.0 Å². The minimum absolute atomic E-state index is 0.118. The molecule has 0 radical (unpaired) electrons. The second kappa shape index (κ2) is 9.49. The van der Waals surface area contributed by atoms with Crippen LogP contribution in [0, 0.1) is 0 Å². The van der Waals surface area contributed by atoms with Crippen molar-refractivity contribution >= 4 is 23.2 Å². The van der Waals surface area contributed by atoms with Crippen LogP contribution in [0.4, 0.5) is 5.69 Å². The van der Waals surface area contributed by atoms with E-state index in [1.54, 1.807) is 12.1 Å². The van der Waals surface area contributed by atoms with Crippen LogP contribution in [0.2, 0.25) is 5.02 Å². The van der Waals surface area contributed by atoms with Gasteiger partial charge in [-0.2, -0.15) is 4.98 Å². The molecule has 1 aliphatic rings.